The summed E-state index contributed by atoms with van der Waals surface area (Å²) < 4.78 is 43.3. The van der Waals surface area contributed by atoms with Crippen LogP contribution >= 0.6 is 11.6 Å². The van der Waals surface area contributed by atoms with Gasteiger partial charge >= 0.3 is 0 Å². The van der Waals surface area contributed by atoms with Crippen LogP contribution in [0.1, 0.15) is 5.89 Å². The lowest BCUT2D eigenvalue weighted by Crippen LogP contribution is -2.40. The Labute approximate surface area is 173 Å². The van der Waals surface area contributed by atoms with Gasteiger partial charge in [0.05, 0.1) is 24.3 Å². The molecule has 29 heavy (non-hydrogen) atoms. The highest BCUT2D eigenvalue weighted by Crippen LogP contribution is 2.25. The molecule has 152 valence electrons. The van der Waals surface area contributed by atoms with E-state index in [0.29, 0.717) is 48.7 Å². The Bertz CT molecular complexity index is 1080. The highest BCUT2D eigenvalue weighted by atomic mass is 35.5. The molecular formula is C20H19ClN2O5S. The van der Waals surface area contributed by atoms with Crippen molar-refractivity contribution in [3.05, 3.63) is 65.6 Å². The Morgan fingerprint density at radius 2 is 1.86 bits per heavy atom. The van der Waals surface area contributed by atoms with Gasteiger partial charge in [-0.2, -0.15) is 4.31 Å². The summed E-state index contributed by atoms with van der Waals surface area (Å²) >= 11 is 6.00. The summed E-state index contributed by atoms with van der Waals surface area (Å²) in [7, 11) is -3.52. The third-order valence-corrected chi connectivity index (χ3v) is 6.60. The molecule has 2 heterocycles. The average Bonchev–Trinajstić information content (AvgIpc) is 3.22. The molecule has 0 radical (unpaired) electrons. The van der Waals surface area contributed by atoms with Crippen LogP contribution in [0.15, 0.2) is 64.0 Å². The number of hydrogen-bond donors (Lipinski definition) is 0. The molecular weight excluding hydrogens is 416 g/mol. The Hall–Kier alpha value is -2.39. The van der Waals surface area contributed by atoms with Crippen molar-refractivity contribution in [1.82, 2.24) is 9.29 Å². The first-order valence-electron chi connectivity index (χ1n) is 9.04. The zero-order valence-corrected chi connectivity index (χ0v) is 17.0. The molecule has 0 aliphatic carbocycles. The lowest BCUT2D eigenvalue weighted by Gasteiger charge is -2.26. The van der Waals surface area contributed by atoms with Gasteiger partial charge in [0, 0.05) is 23.7 Å². The summed E-state index contributed by atoms with van der Waals surface area (Å²) in [6, 6.07) is 13.6. The topological polar surface area (TPSA) is 81.9 Å². The molecule has 0 atom stereocenters. The number of benzene rings is 2. The van der Waals surface area contributed by atoms with Crippen molar-refractivity contribution in [2.24, 2.45) is 0 Å². The Kier molecular flexibility index (Phi) is 5.86. The monoisotopic (exact) mass is 434 g/mol. The van der Waals surface area contributed by atoms with Crippen LogP contribution in [0.5, 0.6) is 5.75 Å². The third kappa shape index (κ3) is 4.62. The van der Waals surface area contributed by atoms with Crippen LogP contribution in [0.2, 0.25) is 5.02 Å². The van der Waals surface area contributed by atoms with Crippen molar-refractivity contribution in [2.45, 2.75) is 11.5 Å². The van der Waals surface area contributed by atoms with E-state index < -0.39 is 10.0 Å². The van der Waals surface area contributed by atoms with E-state index in [1.165, 1.54) is 16.4 Å². The van der Waals surface area contributed by atoms with Gasteiger partial charge in [0.25, 0.3) is 0 Å². The predicted octanol–water partition coefficient (Wildman–Crippen LogP) is 3.59. The quantitative estimate of drug-likeness (QED) is 0.589. The van der Waals surface area contributed by atoms with E-state index in [9.17, 15) is 8.42 Å². The van der Waals surface area contributed by atoms with Crippen molar-refractivity contribution in [3.63, 3.8) is 0 Å². The zero-order valence-electron chi connectivity index (χ0n) is 15.5. The van der Waals surface area contributed by atoms with E-state index in [4.69, 9.17) is 25.5 Å². The van der Waals surface area contributed by atoms with Gasteiger partial charge in [0.2, 0.25) is 15.9 Å². The minimum absolute atomic E-state index is 0.121. The van der Waals surface area contributed by atoms with Gasteiger partial charge in [-0.25, -0.2) is 13.4 Å². The lowest BCUT2D eigenvalue weighted by molar-refractivity contribution is 0.0730. The first-order chi connectivity index (χ1) is 14.0. The normalized spacial score (nSPS) is 15.3. The second kappa shape index (κ2) is 8.54. The fraction of sp³-hybridized carbons (Fsp3) is 0.250. The lowest BCUT2D eigenvalue weighted by atomic mass is 10.2. The summed E-state index contributed by atoms with van der Waals surface area (Å²) in [6.45, 7) is 1.66. The molecule has 0 spiro atoms. The Morgan fingerprint density at radius 3 is 2.59 bits per heavy atom. The molecule has 1 saturated heterocycles. The van der Waals surface area contributed by atoms with Crippen LogP contribution in [-0.4, -0.2) is 44.0 Å². The standard InChI is InChI=1S/C20H19ClN2O5S/c21-16-3-1-2-15(12-16)19-13-22-20(28-19)14-27-17-4-6-18(7-5-17)29(24,25)23-8-10-26-11-9-23/h1-7,12-13H,8-11,14H2. The maximum absolute atomic E-state index is 12.6. The molecule has 9 heteroatoms. The second-order valence-electron chi connectivity index (χ2n) is 6.41. The number of sulfonamides is 1. The SMILES string of the molecule is O=S(=O)(c1ccc(OCc2ncc(-c3cccc(Cl)c3)o2)cc1)N1CCOCC1. The number of ether oxygens (including phenoxy) is 2. The number of rotatable bonds is 6. The zero-order chi connectivity index (χ0) is 20.3. The fourth-order valence-corrected chi connectivity index (χ4v) is 4.54. The van der Waals surface area contributed by atoms with Gasteiger partial charge in [-0.3, -0.25) is 0 Å². The molecule has 3 aromatic rings. The average molecular weight is 435 g/mol. The molecule has 0 amide bonds. The summed E-state index contributed by atoms with van der Waals surface area (Å²) in [5.41, 5.74) is 0.828. The van der Waals surface area contributed by atoms with E-state index in [1.807, 2.05) is 12.1 Å². The Morgan fingerprint density at radius 1 is 1.10 bits per heavy atom. The third-order valence-electron chi connectivity index (χ3n) is 4.46. The largest absolute Gasteiger partial charge is 0.484 e. The van der Waals surface area contributed by atoms with E-state index in [0.717, 1.165) is 5.56 Å². The summed E-state index contributed by atoms with van der Waals surface area (Å²) in [5, 5.41) is 0.615. The number of hydrogen-bond acceptors (Lipinski definition) is 6. The van der Waals surface area contributed by atoms with Crippen molar-refractivity contribution >= 4 is 21.6 Å². The molecule has 7 nitrogen and oxygen atoms in total. The number of oxazole rings is 1. The van der Waals surface area contributed by atoms with Crippen LogP contribution in [0.4, 0.5) is 0 Å². The van der Waals surface area contributed by atoms with Crippen LogP contribution in [0, 0.1) is 0 Å². The van der Waals surface area contributed by atoms with Gasteiger partial charge in [-0.1, -0.05) is 23.7 Å². The summed E-state index contributed by atoms with van der Waals surface area (Å²) in [6.07, 6.45) is 1.61. The second-order valence-corrected chi connectivity index (χ2v) is 8.78. The minimum atomic E-state index is -3.52. The van der Waals surface area contributed by atoms with Gasteiger partial charge in [0.15, 0.2) is 12.4 Å². The number of aromatic nitrogens is 1. The fourth-order valence-electron chi connectivity index (χ4n) is 2.94. The van der Waals surface area contributed by atoms with Gasteiger partial charge in [0.1, 0.15) is 5.75 Å². The van der Waals surface area contributed by atoms with Crippen LogP contribution in [0.3, 0.4) is 0 Å². The molecule has 1 aromatic heterocycles. The summed E-state index contributed by atoms with van der Waals surface area (Å²) in [4.78, 5) is 4.43. The molecule has 1 aliphatic rings. The number of morpholine rings is 1. The maximum atomic E-state index is 12.6. The van der Waals surface area contributed by atoms with E-state index >= 15 is 0 Å². The highest BCUT2D eigenvalue weighted by Gasteiger charge is 2.26. The van der Waals surface area contributed by atoms with Gasteiger partial charge in [-0.15, -0.1) is 0 Å². The van der Waals surface area contributed by atoms with Crippen molar-refractivity contribution in [1.29, 1.82) is 0 Å². The molecule has 0 bridgehead atoms. The van der Waals surface area contributed by atoms with Crippen LogP contribution in [-0.2, 0) is 21.4 Å². The van der Waals surface area contributed by atoms with Crippen molar-refractivity contribution < 1.29 is 22.3 Å². The smallest absolute Gasteiger partial charge is 0.243 e. The Balaban J connectivity index is 1.40. The number of halogens is 1. The van der Waals surface area contributed by atoms with Gasteiger partial charge < -0.3 is 13.9 Å². The van der Waals surface area contributed by atoms with E-state index in [2.05, 4.69) is 4.98 Å². The summed E-state index contributed by atoms with van der Waals surface area (Å²) in [5.74, 6) is 1.52. The van der Waals surface area contributed by atoms with Crippen LogP contribution < -0.4 is 4.74 Å². The molecule has 2 aromatic carbocycles. The van der Waals surface area contributed by atoms with E-state index in [1.54, 1.807) is 30.5 Å². The van der Waals surface area contributed by atoms with Crippen molar-refractivity contribution in [3.8, 4) is 17.1 Å². The molecule has 0 N–H and O–H groups in total. The van der Waals surface area contributed by atoms with Crippen LogP contribution in [0.25, 0.3) is 11.3 Å². The number of nitrogens with zero attached hydrogens (tertiary/aromatic N) is 2. The maximum Gasteiger partial charge on any atom is 0.243 e. The van der Waals surface area contributed by atoms with Gasteiger partial charge in [-0.05, 0) is 36.4 Å². The molecule has 0 saturated carbocycles. The predicted molar refractivity (Wildman–Crippen MR) is 107 cm³/mol. The first kappa shape index (κ1) is 19.9. The minimum Gasteiger partial charge on any atom is -0.484 e. The van der Waals surface area contributed by atoms with E-state index in [-0.39, 0.29) is 11.5 Å². The van der Waals surface area contributed by atoms with Crippen molar-refractivity contribution in [2.75, 3.05) is 26.3 Å². The molecule has 1 fully saturated rings. The molecule has 4 rings (SSSR count). The first-order valence-corrected chi connectivity index (χ1v) is 10.9. The molecule has 1 aliphatic heterocycles. The highest BCUT2D eigenvalue weighted by molar-refractivity contribution is 7.89. The molecule has 0 unspecified atom stereocenters.